The van der Waals surface area contributed by atoms with Gasteiger partial charge in [0.05, 0.1) is 31.8 Å². The molecule has 6 nitrogen and oxygen atoms in total. The number of aliphatic carboxylic acids is 1. The maximum absolute atomic E-state index is 11.3. The first-order valence-corrected chi connectivity index (χ1v) is 7.90. The van der Waals surface area contributed by atoms with E-state index in [9.17, 15) is 15.0 Å². The SMILES string of the molecule is CCCCOCC(O)CN(CCC)C1COCC1C(=O)O. The summed E-state index contributed by atoms with van der Waals surface area (Å²) in [7, 11) is 0. The molecule has 6 heteroatoms. The van der Waals surface area contributed by atoms with E-state index in [4.69, 9.17) is 9.47 Å². The highest BCUT2D eigenvalue weighted by molar-refractivity contribution is 5.71. The quantitative estimate of drug-likeness (QED) is 0.554. The summed E-state index contributed by atoms with van der Waals surface area (Å²) in [6.07, 6.45) is 2.37. The zero-order valence-corrected chi connectivity index (χ0v) is 13.2. The first-order valence-electron chi connectivity index (χ1n) is 7.90. The Morgan fingerprint density at radius 1 is 1.38 bits per heavy atom. The number of unbranched alkanes of at least 4 members (excludes halogenated alkanes) is 1. The summed E-state index contributed by atoms with van der Waals surface area (Å²) in [4.78, 5) is 13.3. The molecule has 1 rings (SSSR count). The van der Waals surface area contributed by atoms with Crippen LogP contribution in [0.25, 0.3) is 0 Å². The lowest BCUT2D eigenvalue weighted by atomic mass is 10.0. The van der Waals surface area contributed by atoms with E-state index in [1.807, 2.05) is 11.8 Å². The Morgan fingerprint density at radius 3 is 2.76 bits per heavy atom. The molecule has 2 N–H and O–H groups in total. The van der Waals surface area contributed by atoms with E-state index in [1.165, 1.54) is 0 Å². The maximum atomic E-state index is 11.3. The van der Waals surface area contributed by atoms with E-state index < -0.39 is 18.0 Å². The van der Waals surface area contributed by atoms with Crippen molar-refractivity contribution in [1.29, 1.82) is 0 Å². The second kappa shape index (κ2) is 10.1. The highest BCUT2D eigenvalue weighted by Crippen LogP contribution is 2.20. The predicted molar refractivity (Wildman–Crippen MR) is 79.3 cm³/mol. The third-order valence-corrected chi connectivity index (χ3v) is 3.75. The third kappa shape index (κ3) is 6.30. The lowest BCUT2D eigenvalue weighted by Gasteiger charge is -2.31. The molecule has 124 valence electrons. The zero-order chi connectivity index (χ0) is 15.7. The fourth-order valence-corrected chi connectivity index (χ4v) is 2.61. The van der Waals surface area contributed by atoms with Crippen LogP contribution in [0.5, 0.6) is 0 Å². The van der Waals surface area contributed by atoms with E-state index in [1.54, 1.807) is 0 Å². The Balaban J connectivity index is 2.46. The van der Waals surface area contributed by atoms with Crippen molar-refractivity contribution in [3.63, 3.8) is 0 Å². The van der Waals surface area contributed by atoms with Crippen LogP contribution in [0, 0.1) is 5.92 Å². The van der Waals surface area contributed by atoms with Crippen molar-refractivity contribution < 1.29 is 24.5 Å². The Hall–Kier alpha value is -0.690. The van der Waals surface area contributed by atoms with Crippen LogP contribution >= 0.6 is 0 Å². The van der Waals surface area contributed by atoms with Gasteiger partial charge in [0.2, 0.25) is 0 Å². The number of carboxylic acid groups (broad SMARTS) is 1. The number of rotatable bonds is 11. The summed E-state index contributed by atoms with van der Waals surface area (Å²) < 4.78 is 10.7. The van der Waals surface area contributed by atoms with Gasteiger partial charge in [0.1, 0.15) is 0 Å². The van der Waals surface area contributed by atoms with Crippen LogP contribution in [-0.4, -0.2) is 72.7 Å². The van der Waals surface area contributed by atoms with Gasteiger partial charge in [-0.25, -0.2) is 0 Å². The zero-order valence-electron chi connectivity index (χ0n) is 13.2. The van der Waals surface area contributed by atoms with Crippen LogP contribution in [0.2, 0.25) is 0 Å². The Labute approximate surface area is 127 Å². The van der Waals surface area contributed by atoms with Gasteiger partial charge in [-0.1, -0.05) is 20.3 Å². The van der Waals surface area contributed by atoms with Crippen LogP contribution in [0.15, 0.2) is 0 Å². The molecular formula is C15H29NO5. The van der Waals surface area contributed by atoms with Gasteiger partial charge < -0.3 is 19.7 Å². The lowest BCUT2D eigenvalue weighted by Crippen LogP contribution is -2.47. The van der Waals surface area contributed by atoms with Gasteiger partial charge in [0.15, 0.2) is 0 Å². The van der Waals surface area contributed by atoms with Gasteiger partial charge in [-0.05, 0) is 19.4 Å². The van der Waals surface area contributed by atoms with E-state index in [-0.39, 0.29) is 12.6 Å². The number of nitrogens with zero attached hydrogens (tertiary/aromatic N) is 1. The van der Waals surface area contributed by atoms with Crippen LogP contribution < -0.4 is 0 Å². The number of hydrogen-bond donors (Lipinski definition) is 2. The molecule has 0 aromatic carbocycles. The van der Waals surface area contributed by atoms with Gasteiger partial charge in [-0.3, -0.25) is 9.69 Å². The largest absolute Gasteiger partial charge is 0.481 e. The fraction of sp³-hybridized carbons (Fsp3) is 0.933. The van der Waals surface area contributed by atoms with Crippen molar-refractivity contribution in [2.75, 3.05) is 39.5 Å². The maximum Gasteiger partial charge on any atom is 0.310 e. The molecule has 0 bridgehead atoms. The molecule has 1 heterocycles. The van der Waals surface area contributed by atoms with Crippen molar-refractivity contribution in [1.82, 2.24) is 4.90 Å². The molecular weight excluding hydrogens is 274 g/mol. The number of carbonyl (C=O) groups is 1. The minimum Gasteiger partial charge on any atom is -0.481 e. The molecule has 3 atom stereocenters. The molecule has 0 spiro atoms. The minimum absolute atomic E-state index is 0.159. The highest BCUT2D eigenvalue weighted by Gasteiger charge is 2.38. The molecule has 0 saturated carbocycles. The van der Waals surface area contributed by atoms with Crippen molar-refractivity contribution in [2.24, 2.45) is 5.92 Å². The highest BCUT2D eigenvalue weighted by atomic mass is 16.5. The number of carboxylic acids is 1. The lowest BCUT2D eigenvalue weighted by molar-refractivity contribution is -0.143. The number of ether oxygens (including phenoxy) is 2. The molecule has 0 radical (unpaired) electrons. The van der Waals surface area contributed by atoms with Gasteiger partial charge in [0, 0.05) is 19.2 Å². The summed E-state index contributed by atoms with van der Waals surface area (Å²) in [6.45, 7) is 6.94. The van der Waals surface area contributed by atoms with E-state index in [2.05, 4.69) is 6.92 Å². The van der Waals surface area contributed by atoms with Gasteiger partial charge >= 0.3 is 5.97 Å². The van der Waals surface area contributed by atoms with Crippen LogP contribution in [0.4, 0.5) is 0 Å². The number of hydrogen-bond acceptors (Lipinski definition) is 5. The summed E-state index contributed by atoms with van der Waals surface area (Å²) in [5, 5.41) is 19.3. The van der Waals surface area contributed by atoms with Crippen molar-refractivity contribution >= 4 is 5.97 Å². The number of aliphatic hydroxyl groups is 1. The van der Waals surface area contributed by atoms with E-state index >= 15 is 0 Å². The molecule has 1 fully saturated rings. The average Bonchev–Trinajstić information content (AvgIpc) is 2.92. The summed E-state index contributed by atoms with van der Waals surface area (Å²) in [5.41, 5.74) is 0. The van der Waals surface area contributed by atoms with Crippen molar-refractivity contribution in [2.45, 2.75) is 45.3 Å². The smallest absolute Gasteiger partial charge is 0.310 e. The first-order chi connectivity index (χ1) is 10.1. The molecule has 0 aromatic heterocycles. The second-order valence-electron chi connectivity index (χ2n) is 5.63. The van der Waals surface area contributed by atoms with Crippen molar-refractivity contribution in [3.8, 4) is 0 Å². The third-order valence-electron chi connectivity index (χ3n) is 3.75. The first kappa shape index (κ1) is 18.4. The predicted octanol–water partition coefficient (Wildman–Crippen LogP) is 0.976. The summed E-state index contributed by atoms with van der Waals surface area (Å²) in [6, 6.07) is -0.159. The molecule has 0 aromatic rings. The van der Waals surface area contributed by atoms with Crippen LogP contribution in [0.3, 0.4) is 0 Å². The normalized spacial score (nSPS) is 23.6. The average molecular weight is 303 g/mol. The molecule has 1 aliphatic rings. The molecule has 1 saturated heterocycles. The molecule has 21 heavy (non-hydrogen) atoms. The van der Waals surface area contributed by atoms with Gasteiger partial charge in [-0.2, -0.15) is 0 Å². The van der Waals surface area contributed by atoms with E-state index in [0.717, 1.165) is 25.8 Å². The molecule has 3 unspecified atom stereocenters. The Kier molecular flexibility index (Phi) is 8.84. The minimum atomic E-state index is -0.827. The molecule has 0 aliphatic carbocycles. The van der Waals surface area contributed by atoms with Crippen LogP contribution in [-0.2, 0) is 14.3 Å². The standard InChI is InChI=1S/C15H29NO5/c1-3-5-7-20-9-12(17)8-16(6-4-2)14-11-21-10-13(14)15(18)19/h12-14,17H,3-11H2,1-2H3,(H,18,19). The fourth-order valence-electron chi connectivity index (χ4n) is 2.61. The monoisotopic (exact) mass is 303 g/mol. The van der Waals surface area contributed by atoms with Gasteiger partial charge in [-0.15, -0.1) is 0 Å². The molecule has 1 aliphatic heterocycles. The Bertz CT molecular complexity index is 300. The van der Waals surface area contributed by atoms with Crippen LogP contribution in [0.1, 0.15) is 33.1 Å². The number of aliphatic hydroxyl groups excluding tert-OH is 1. The Morgan fingerprint density at radius 2 is 2.14 bits per heavy atom. The summed E-state index contributed by atoms with van der Waals surface area (Å²) >= 11 is 0. The van der Waals surface area contributed by atoms with E-state index in [0.29, 0.717) is 26.4 Å². The summed E-state index contributed by atoms with van der Waals surface area (Å²) in [5.74, 6) is -1.34. The molecule has 0 amide bonds. The van der Waals surface area contributed by atoms with Gasteiger partial charge in [0.25, 0.3) is 0 Å². The topological polar surface area (TPSA) is 79.2 Å². The second-order valence-corrected chi connectivity index (χ2v) is 5.63. The van der Waals surface area contributed by atoms with Crippen molar-refractivity contribution in [3.05, 3.63) is 0 Å².